The summed E-state index contributed by atoms with van der Waals surface area (Å²) in [4.78, 5) is 27.2. The molecule has 0 fully saturated rings. The highest BCUT2D eigenvalue weighted by molar-refractivity contribution is 5.87. The molecule has 0 aliphatic carbocycles. The molecule has 0 radical (unpaired) electrons. The van der Waals surface area contributed by atoms with E-state index in [9.17, 15) is 9.59 Å². The number of aromatic nitrogens is 1. The Hall–Kier alpha value is -3.34. The van der Waals surface area contributed by atoms with Gasteiger partial charge < -0.3 is 16.0 Å². The summed E-state index contributed by atoms with van der Waals surface area (Å²) >= 11 is 0. The molecule has 2 amide bonds. The number of benzene rings is 2. The van der Waals surface area contributed by atoms with Gasteiger partial charge in [0.15, 0.2) is 0 Å². The van der Waals surface area contributed by atoms with Crippen molar-refractivity contribution in [2.45, 2.75) is 18.9 Å². The van der Waals surface area contributed by atoms with Gasteiger partial charge in [0.1, 0.15) is 6.04 Å². The van der Waals surface area contributed by atoms with Crippen molar-refractivity contribution in [3.05, 3.63) is 84.1 Å². The lowest BCUT2D eigenvalue weighted by atomic mass is 10.1. The number of carbonyl (C=O) groups excluding carboxylic acids is 2. The monoisotopic (exact) mass is 347 g/mol. The zero-order valence-corrected chi connectivity index (χ0v) is 14.3. The molecule has 26 heavy (non-hydrogen) atoms. The third kappa shape index (κ3) is 4.39. The number of amides is 2. The fraction of sp³-hybridized carbons (Fsp3) is 0.143. The van der Waals surface area contributed by atoms with E-state index in [0.29, 0.717) is 12.0 Å². The molecule has 1 aromatic heterocycles. The van der Waals surface area contributed by atoms with Crippen LogP contribution in [-0.4, -0.2) is 16.8 Å². The van der Waals surface area contributed by atoms with E-state index in [1.807, 2.05) is 60.7 Å². The minimum atomic E-state index is -0.813. The Morgan fingerprint density at radius 1 is 0.923 bits per heavy atom. The molecular formula is C21H21N3O2. The Bertz CT molecular complexity index is 873. The normalized spacial score (nSPS) is 11.7. The molecule has 5 nitrogen and oxygen atoms in total. The lowest BCUT2D eigenvalue weighted by Gasteiger charge is -2.15. The Morgan fingerprint density at radius 3 is 2.23 bits per heavy atom. The van der Waals surface area contributed by atoms with Crippen LogP contribution in [0.15, 0.2) is 72.8 Å². The summed E-state index contributed by atoms with van der Waals surface area (Å²) in [5, 5.41) is 2.71. The molecule has 1 atom stereocenters. The first kappa shape index (κ1) is 17.5. The number of nitrogens with one attached hydrogen (secondary N) is 2. The number of nitrogens with two attached hydrogens (primary N) is 1. The molecule has 2 aromatic carbocycles. The van der Waals surface area contributed by atoms with E-state index in [4.69, 9.17) is 5.73 Å². The van der Waals surface area contributed by atoms with Crippen LogP contribution in [0, 0.1) is 0 Å². The predicted octanol–water partition coefficient (Wildman–Crippen LogP) is 2.96. The van der Waals surface area contributed by atoms with Crippen LogP contribution in [-0.2, 0) is 16.0 Å². The van der Waals surface area contributed by atoms with Gasteiger partial charge in [0, 0.05) is 17.8 Å². The Kier molecular flexibility index (Phi) is 5.49. The topological polar surface area (TPSA) is 88.0 Å². The second kappa shape index (κ2) is 8.16. The maximum Gasteiger partial charge on any atom is 0.244 e. The molecule has 1 heterocycles. The molecule has 0 saturated heterocycles. The van der Waals surface area contributed by atoms with Crippen molar-refractivity contribution in [1.82, 2.24) is 10.3 Å². The summed E-state index contributed by atoms with van der Waals surface area (Å²) in [5.41, 5.74) is 9.19. The summed E-state index contributed by atoms with van der Waals surface area (Å²) in [5.74, 6) is -0.788. The largest absolute Gasteiger partial charge is 0.368 e. The molecule has 0 aliphatic rings. The minimum Gasteiger partial charge on any atom is -0.368 e. The molecule has 0 spiro atoms. The van der Waals surface area contributed by atoms with Crippen molar-refractivity contribution in [2.24, 2.45) is 5.73 Å². The molecule has 0 aliphatic heterocycles. The second-order valence-electron chi connectivity index (χ2n) is 6.08. The quantitative estimate of drug-likeness (QED) is 0.613. The first-order valence-electron chi connectivity index (χ1n) is 8.50. The van der Waals surface area contributed by atoms with E-state index in [0.717, 1.165) is 17.0 Å². The minimum absolute atomic E-state index is 0.214. The van der Waals surface area contributed by atoms with Crippen LogP contribution < -0.4 is 11.1 Å². The number of hydrogen-bond acceptors (Lipinski definition) is 2. The molecule has 0 bridgehead atoms. The van der Waals surface area contributed by atoms with Gasteiger partial charge in [-0.2, -0.15) is 0 Å². The number of aryl methyl sites for hydroxylation is 1. The van der Waals surface area contributed by atoms with Crippen LogP contribution in [0.1, 0.15) is 23.7 Å². The van der Waals surface area contributed by atoms with E-state index in [2.05, 4.69) is 10.3 Å². The maximum absolute atomic E-state index is 12.2. The van der Waals surface area contributed by atoms with Gasteiger partial charge in [-0.05, 0) is 29.7 Å². The fourth-order valence-electron chi connectivity index (χ4n) is 2.82. The van der Waals surface area contributed by atoms with Crippen LogP contribution >= 0.6 is 0 Å². The van der Waals surface area contributed by atoms with Crippen LogP contribution in [0.5, 0.6) is 0 Å². The molecule has 5 heteroatoms. The number of carbonyl (C=O) groups is 2. The molecule has 0 saturated carbocycles. The SMILES string of the molecule is NC(=O)[C@H](NC(=O)CCc1ccc(-c2ccccc2)[nH]1)c1ccccc1. The van der Waals surface area contributed by atoms with Crippen molar-refractivity contribution in [3.63, 3.8) is 0 Å². The fourth-order valence-corrected chi connectivity index (χ4v) is 2.82. The van der Waals surface area contributed by atoms with Crippen molar-refractivity contribution in [3.8, 4) is 11.3 Å². The average Bonchev–Trinajstić information content (AvgIpc) is 3.15. The van der Waals surface area contributed by atoms with E-state index < -0.39 is 11.9 Å². The standard InChI is InChI=1S/C21H21N3O2/c22-21(26)20(16-9-5-2-6-10-16)24-19(25)14-12-17-11-13-18(23-17)15-7-3-1-4-8-15/h1-11,13,20,23H,12,14H2,(H2,22,26)(H,24,25)/t20-/m1/s1. The Morgan fingerprint density at radius 2 is 1.58 bits per heavy atom. The molecular weight excluding hydrogens is 326 g/mol. The first-order chi connectivity index (χ1) is 12.6. The van der Waals surface area contributed by atoms with Crippen molar-refractivity contribution < 1.29 is 9.59 Å². The Balaban J connectivity index is 1.59. The number of rotatable bonds is 7. The van der Waals surface area contributed by atoms with E-state index in [1.165, 1.54) is 0 Å². The maximum atomic E-state index is 12.2. The summed E-state index contributed by atoms with van der Waals surface area (Å²) < 4.78 is 0. The number of hydrogen-bond donors (Lipinski definition) is 3. The van der Waals surface area contributed by atoms with E-state index in [1.54, 1.807) is 12.1 Å². The second-order valence-corrected chi connectivity index (χ2v) is 6.08. The van der Waals surface area contributed by atoms with Crippen LogP contribution in [0.25, 0.3) is 11.3 Å². The van der Waals surface area contributed by atoms with Gasteiger partial charge in [0.25, 0.3) is 0 Å². The lowest BCUT2D eigenvalue weighted by molar-refractivity contribution is -0.127. The van der Waals surface area contributed by atoms with Crippen LogP contribution in [0.2, 0.25) is 0 Å². The highest BCUT2D eigenvalue weighted by Gasteiger charge is 2.19. The first-order valence-corrected chi connectivity index (χ1v) is 8.50. The third-order valence-electron chi connectivity index (χ3n) is 4.18. The molecule has 132 valence electrons. The summed E-state index contributed by atoms with van der Waals surface area (Å²) in [6.07, 6.45) is 0.824. The van der Waals surface area contributed by atoms with Crippen LogP contribution in [0.4, 0.5) is 0 Å². The van der Waals surface area contributed by atoms with E-state index >= 15 is 0 Å². The third-order valence-corrected chi connectivity index (χ3v) is 4.18. The van der Waals surface area contributed by atoms with Gasteiger partial charge in [-0.1, -0.05) is 60.7 Å². The predicted molar refractivity (Wildman–Crippen MR) is 101 cm³/mol. The van der Waals surface area contributed by atoms with Gasteiger partial charge >= 0.3 is 0 Å². The zero-order valence-electron chi connectivity index (χ0n) is 14.3. The van der Waals surface area contributed by atoms with Crippen molar-refractivity contribution in [2.75, 3.05) is 0 Å². The van der Waals surface area contributed by atoms with Gasteiger partial charge in [-0.25, -0.2) is 0 Å². The van der Waals surface area contributed by atoms with Gasteiger partial charge in [-0.15, -0.1) is 0 Å². The highest BCUT2D eigenvalue weighted by atomic mass is 16.2. The smallest absolute Gasteiger partial charge is 0.244 e. The number of primary amides is 1. The highest BCUT2D eigenvalue weighted by Crippen LogP contribution is 2.18. The Labute approximate surface area is 152 Å². The zero-order chi connectivity index (χ0) is 18.4. The lowest BCUT2D eigenvalue weighted by Crippen LogP contribution is -2.37. The van der Waals surface area contributed by atoms with Crippen LogP contribution in [0.3, 0.4) is 0 Å². The van der Waals surface area contributed by atoms with Crippen molar-refractivity contribution >= 4 is 11.8 Å². The number of aromatic amines is 1. The van der Waals surface area contributed by atoms with Gasteiger partial charge in [0.05, 0.1) is 0 Å². The average molecular weight is 347 g/mol. The summed E-state index contributed by atoms with van der Waals surface area (Å²) in [7, 11) is 0. The van der Waals surface area contributed by atoms with E-state index in [-0.39, 0.29) is 12.3 Å². The van der Waals surface area contributed by atoms with Gasteiger partial charge in [-0.3, -0.25) is 9.59 Å². The van der Waals surface area contributed by atoms with Crippen molar-refractivity contribution in [1.29, 1.82) is 0 Å². The molecule has 3 aromatic rings. The summed E-state index contributed by atoms with van der Waals surface area (Å²) in [6, 6.07) is 22.2. The summed E-state index contributed by atoms with van der Waals surface area (Å²) in [6.45, 7) is 0. The number of H-pyrrole nitrogens is 1. The molecule has 0 unspecified atom stereocenters. The molecule has 3 rings (SSSR count). The molecule has 4 N–H and O–H groups in total. The van der Waals surface area contributed by atoms with Gasteiger partial charge in [0.2, 0.25) is 11.8 Å².